The van der Waals surface area contributed by atoms with E-state index in [0.29, 0.717) is 25.9 Å². The quantitative estimate of drug-likeness (QED) is 0.876. The molecule has 2 heterocycles. The average Bonchev–Trinajstić information content (AvgIpc) is 2.84. The molecule has 0 aliphatic carbocycles. The zero-order valence-electron chi connectivity index (χ0n) is 10.4. The maximum atomic E-state index is 11.6. The van der Waals surface area contributed by atoms with Crippen molar-refractivity contribution in [2.75, 3.05) is 19.6 Å². The lowest BCUT2D eigenvalue weighted by Crippen LogP contribution is -2.41. The predicted octanol–water partition coefficient (Wildman–Crippen LogP) is 1.42. The molecule has 0 spiro atoms. The summed E-state index contributed by atoms with van der Waals surface area (Å²) >= 11 is 1.59. The average molecular weight is 266 g/mol. The van der Waals surface area contributed by atoms with Crippen molar-refractivity contribution in [1.29, 1.82) is 0 Å². The molecule has 2 amide bonds. The van der Waals surface area contributed by atoms with Gasteiger partial charge in [0.25, 0.3) is 0 Å². The van der Waals surface area contributed by atoms with Crippen molar-refractivity contribution in [2.45, 2.75) is 25.7 Å². The summed E-state index contributed by atoms with van der Waals surface area (Å²) in [6, 6.07) is 3.90. The summed E-state index contributed by atoms with van der Waals surface area (Å²) in [6.07, 6.45) is 3.17. The highest BCUT2D eigenvalue weighted by Gasteiger charge is 2.17. The van der Waals surface area contributed by atoms with Gasteiger partial charge in [0.15, 0.2) is 0 Å². The Morgan fingerprint density at radius 1 is 1.44 bits per heavy atom. The number of nitrogens with zero attached hydrogens (tertiary/aromatic N) is 1. The molecule has 18 heavy (non-hydrogen) atoms. The standard InChI is InChI=1S/C13H18N2O2S/c16-12(10-11-4-3-9-18-11)14-6-8-15-7-2-1-5-13(15)17/h3-4,9H,1-2,5-8,10H2,(H,14,16). The van der Waals surface area contributed by atoms with E-state index in [1.54, 1.807) is 11.3 Å². The fourth-order valence-corrected chi connectivity index (χ4v) is 2.77. The van der Waals surface area contributed by atoms with Crippen molar-refractivity contribution in [3.8, 4) is 0 Å². The van der Waals surface area contributed by atoms with Gasteiger partial charge in [-0.2, -0.15) is 0 Å². The Morgan fingerprint density at radius 3 is 3.06 bits per heavy atom. The van der Waals surface area contributed by atoms with Crippen molar-refractivity contribution in [2.24, 2.45) is 0 Å². The number of nitrogens with one attached hydrogen (secondary N) is 1. The van der Waals surface area contributed by atoms with Gasteiger partial charge in [-0.25, -0.2) is 0 Å². The van der Waals surface area contributed by atoms with Crippen LogP contribution in [0, 0.1) is 0 Å². The van der Waals surface area contributed by atoms with Gasteiger partial charge in [-0.15, -0.1) is 11.3 Å². The van der Waals surface area contributed by atoms with Gasteiger partial charge < -0.3 is 10.2 Å². The zero-order chi connectivity index (χ0) is 12.8. The van der Waals surface area contributed by atoms with Crippen LogP contribution in [0.4, 0.5) is 0 Å². The molecule has 0 unspecified atom stereocenters. The summed E-state index contributed by atoms with van der Waals surface area (Å²) in [7, 11) is 0. The third-order valence-electron chi connectivity index (χ3n) is 3.04. The van der Waals surface area contributed by atoms with E-state index in [0.717, 1.165) is 24.3 Å². The maximum Gasteiger partial charge on any atom is 0.225 e. The number of thiophene rings is 1. The molecule has 5 heteroatoms. The van der Waals surface area contributed by atoms with Crippen LogP contribution in [0.3, 0.4) is 0 Å². The van der Waals surface area contributed by atoms with E-state index >= 15 is 0 Å². The van der Waals surface area contributed by atoms with Crippen molar-refractivity contribution >= 4 is 23.2 Å². The SMILES string of the molecule is O=C(Cc1cccs1)NCCN1CCCCC1=O. The lowest BCUT2D eigenvalue weighted by molar-refractivity contribution is -0.133. The smallest absolute Gasteiger partial charge is 0.225 e. The molecule has 4 nitrogen and oxygen atoms in total. The summed E-state index contributed by atoms with van der Waals surface area (Å²) < 4.78 is 0. The summed E-state index contributed by atoms with van der Waals surface area (Å²) in [5, 5.41) is 4.83. The first-order chi connectivity index (χ1) is 8.75. The number of carbonyl (C=O) groups is 2. The van der Waals surface area contributed by atoms with E-state index in [1.807, 2.05) is 22.4 Å². The van der Waals surface area contributed by atoms with Gasteiger partial charge in [-0.05, 0) is 24.3 Å². The number of piperidine rings is 1. The maximum absolute atomic E-state index is 11.6. The molecule has 0 bridgehead atoms. The molecule has 1 aromatic heterocycles. The molecule has 1 aliphatic rings. The first-order valence-electron chi connectivity index (χ1n) is 6.32. The van der Waals surface area contributed by atoms with Gasteiger partial charge >= 0.3 is 0 Å². The fraction of sp³-hybridized carbons (Fsp3) is 0.538. The molecule has 1 fully saturated rings. The van der Waals surface area contributed by atoms with E-state index in [-0.39, 0.29) is 11.8 Å². The minimum atomic E-state index is 0.0295. The van der Waals surface area contributed by atoms with Gasteiger partial charge in [-0.1, -0.05) is 6.07 Å². The number of carbonyl (C=O) groups excluding carboxylic acids is 2. The lowest BCUT2D eigenvalue weighted by atomic mass is 10.1. The van der Waals surface area contributed by atoms with Crippen LogP contribution in [0.25, 0.3) is 0 Å². The third-order valence-corrected chi connectivity index (χ3v) is 3.92. The zero-order valence-corrected chi connectivity index (χ0v) is 11.2. The Kier molecular flexibility index (Phi) is 4.75. The van der Waals surface area contributed by atoms with Crippen LogP contribution in [0.15, 0.2) is 17.5 Å². The van der Waals surface area contributed by atoms with E-state index in [2.05, 4.69) is 5.32 Å². The van der Waals surface area contributed by atoms with Crippen LogP contribution in [0.5, 0.6) is 0 Å². The summed E-state index contributed by atoms with van der Waals surface area (Å²) in [4.78, 5) is 26.1. The highest BCUT2D eigenvalue weighted by molar-refractivity contribution is 7.10. The van der Waals surface area contributed by atoms with Gasteiger partial charge in [0, 0.05) is 30.9 Å². The van der Waals surface area contributed by atoms with Gasteiger partial charge in [0.05, 0.1) is 6.42 Å². The minimum absolute atomic E-state index is 0.0295. The second kappa shape index (κ2) is 6.54. The fourth-order valence-electron chi connectivity index (χ4n) is 2.06. The molecule has 0 aromatic carbocycles. The normalized spacial score (nSPS) is 15.8. The monoisotopic (exact) mass is 266 g/mol. The van der Waals surface area contributed by atoms with E-state index in [9.17, 15) is 9.59 Å². The number of likely N-dealkylation sites (tertiary alicyclic amines) is 1. The van der Waals surface area contributed by atoms with Gasteiger partial charge in [0.2, 0.25) is 11.8 Å². The molecule has 0 saturated carbocycles. The first kappa shape index (κ1) is 13.1. The molecular weight excluding hydrogens is 248 g/mol. The first-order valence-corrected chi connectivity index (χ1v) is 7.20. The summed E-state index contributed by atoms with van der Waals surface area (Å²) in [6.45, 7) is 2.02. The number of amides is 2. The van der Waals surface area contributed by atoms with Crippen LogP contribution in [0.2, 0.25) is 0 Å². The Hall–Kier alpha value is -1.36. The topological polar surface area (TPSA) is 49.4 Å². The van der Waals surface area contributed by atoms with Crippen molar-refractivity contribution in [3.05, 3.63) is 22.4 Å². The molecule has 1 aliphatic heterocycles. The van der Waals surface area contributed by atoms with Crippen LogP contribution in [-0.2, 0) is 16.0 Å². The second-order valence-electron chi connectivity index (χ2n) is 4.44. The number of rotatable bonds is 5. The highest BCUT2D eigenvalue weighted by Crippen LogP contribution is 2.10. The molecule has 1 saturated heterocycles. The second-order valence-corrected chi connectivity index (χ2v) is 5.48. The van der Waals surface area contributed by atoms with Gasteiger partial charge in [-0.3, -0.25) is 9.59 Å². The number of hydrogen-bond acceptors (Lipinski definition) is 3. The van der Waals surface area contributed by atoms with Crippen molar-refractivity contribution in [3.63, 3.8) is 0 Å². The third kappa shape index (κ3) is 3.84. The minimum Gasteiger partial charge on any atom is -0.354 e. The summed E-state index contributed by atoms with van der Waals surface area (Å²) in [5.41, 5.74) is 0. The van der Waals surface area contributed by atoms with E-state index in [1.165, 1.54) is 0 Å². The van der Waals surface area contributed by atoms with Crippen molar-refractivity contribution in [1.82, 2.24) is 10.2 Å². The Morgan fingerprint density at radius 2 is 2.33 bits per heavy atom. The molecule has 1 aromatic rings. The van der Waals surface area contributed by atoms with Crippen LogP contribution >= 0.6 is 11.3 Å². The van der Waals surface area contributed by atoms with Crippen LogP contribution in [0.1, 0.15) is 24.1 Å². The van der Waals surface area contributed by atoms with Crippen molar-refractivity contribution < 1.29 is 9.59 Å². The Bertz CT molecular complexity index is 403. The van der Waals surface area contributed by atoms with Gasteiger partial charge in [0.1, 0.15) is 0 Å². The molecule has 0 radical (unpaired) electrons. The molecule has 0 atom stereocenters. The lowest BCUT2D eigenvalue weighted by Gasteiger charge is -2.26. The predicted molar refractivity (Wildman–Crippen MR) is 71.5 cm³/mol. The van der Waals surface area contributed by atoms with E-state index < -0.39 is 0 Å². The molecule has 2 rings (SSSR count). The van der Waals surface area contributed by atoms with Crippen LogP contribution in [-0.4, -0.2) is 36.3 Å². The highest BCUT2D eigenvalue weighted by atomic mass is 32.1. The van der Waals surface area contributed by atoms with Crippen LogP contribution < -0.4 is 5.32 Å². The summed E-state index contributed by atoms with van der Waals surface area (Å²) in [5.74, 6) is 0.246. The molecule has 1 N–H and O–H groups in total. The largest absolute Gasteiger partial charge is 0.354 e. The Labute approximate surface area is 111 Å². The molecule has 98 valence electrons. The number of hydrogen-bond donors (Lipinski definition) is 1. The Balaban J connectivity index is 1.65. The van der Waals surface area contributed by atoms with E-state index in [4.69, 9.17) is 0 Å². The molecular formula is C13H18N2O2S.